The van der Waals surface area contributed by atoms with E-state index in [4.69, 9.17) is 0 Å². The smallest absolute Gasteiger partial charge is 0.272 e. The molecular formula is C24H31N3O. The molecule has 4 nitrogen and oxygen atoms in total. The van der Waals surface area contributed by atoms with E-state index in [1.807, 2.05) is 17.2 Å². The Morgan fingerprint density at radius 2 is 1.82 bits per heavy atom. The third kappa shape index (κ3) is 4.54. The third-order valence-electron chi connectivity index (χ3n) is 6.26. The van der Waals surface area contributed by atoms with Crippen molar-refractivity contribution in [3.05, 3.63) is 59.9 Å². The quantitative estimate of drug-likeness (QED) is 0.792. The lowest BCUT2D eigenvalue weighted by molar-refractivity contribution is 0.0684. The van der Waals surface area contributed by atoms with Gasteiger partial charge in [-0.15, -0.1) is 0 Å². The van der Waals surface area contributed by atoms with Crippen LogP contribution in [0.5, 0.6) is 0 Å². The standard InChI is InChI=1S/C24H31N3O/c1-19-6-5-13-27(18-19)22-9-10-23(25-17-22)24(28)26-14-11-21(12-15-26)16-20-7-3-2-4-8-20/h2-4,7-10,17,19,21H,5-6,11-16,18H2,1H3. The SMILES string of the molecule is CC1CCCN(c2ccc(C(=O)N3CCC(Cc4ccccc4)CC3)nc2)C1. The molecule has 4 rings (SSSR count). The maximum atomic E-state index is 12.9. The lowest BCUT2D eigenvalue weighted by Gasteiger charge is -2.33. The van der Waals surface area contributed by atoms with Crippen LogP contribution >= 0.6 is 0 Å². The Kier molecular flexibility index (Phi) is 5.94. The highest BCUT2D eigenvalue weighted by molar-refractivity contribution is 5.92. The van der Waals surface area contributed by atoms with Crippen LogP contribution < -0.4 is 4.90 Å². The molecular weight excluding hydrogens is 346 g/mol. The van der Waals surface area contributed by atoms with E-state index in [9.17, 15) is 4.79 Å². The average molecular weight is 378 g/mol. The lowest BCUT2D eigenvalue weighted by atomic mass is 9.90. The minimum atomic E-state index is 0.0803. The van der Waals surface area contributed by atoms with Gasteiger partial charge in [-0.1, -0.05) is 37.3 Å². The summed E-state index contributed by atoms with van der Waals surface area (Å²) in [4.78, 5) is 21.7. The fraction of sp³-hybridized carbons (Fsp3) is 0.500. The number of anilines is 1. The number of benzene rings is 1. The molecule has 3 heterocycles. The van der Waals surface area contributed by atoms with Crippen LogP contribution in [0.15, 0.2) is 48.7 Å². The Labute approximate surface area is 168 Å². The van der Waals surface area contributed by atoms with Gasteiger partial charge in [-0.2, -0.15) is 0 Å². The number of carbonyl (C=O) groups is 1. The zero-order valence-electron chi connectivity index (χ0n) is 16.9. The molecule has 1 aromatic heterocycles. The van der Waals surface area contributed by atoms with Crippen molar-refractivity contribution in [3.63, 3.8) is 0 Å². The van der Waals surface area contributed by atoms with Crippen molar-refractivity contribution in [1.82, 2.24) is 9.88 Å². The summed E-state index contributed by atoms with van der Waals surface area (Å²) < 4.78 is 0. The number of pyridine rings is 1. The van der Waals surface area contributed by atoms with Crippen LogP contribution in [-0.4, -0.2) is 42.0 Å². The molecule has 148 valence electrons. The zero-order chi connectivity index (χ0) is 19.3. The van der Waals surface area contributed by atoms with Crippen molar-refractivity contribution in [1.29, 1.82) is 0 Å². The van der Waals surface area contributed by atoms with E-state index in [1.165, 1.54) is 18.4 Å². The summed E-state index contributed by atoms with van der Waals surface area (Å²) in [5, 5.41) is 0. The maximum Gasteiger partial charge on any atom is 0.272 e. The molecule has 2 fully saturated rings. The highest BCUT2D eigenvalue weighted by Crippen LogP contribution is 2.24. The summed E-state index contributed by atoms with van der Waals surface area (Å²) in [7, 11) is 0. The molecule has 2 aliphatic rings. The number of nitrogens with zero attached hydrogens (tertiary/aromatic N) is 3. The Morgan fingerprint density at radius 1 is 1.04 bits per heavy atom. The molecule has 1 aromatic carbocycles. The molecule has 28 heavy (non-hydrogen) atoms. The van der Waals surface area contributed by atoms with Crippen LogP contribution in [0.1, 0.15) is 48.7 Å². The Balaban J connectivity index is 1.31. The number of likely N-dealkylation sites (tertiary alicyclic amines) is 1. The molecule has 1 amide bonds. The molecule has 2 aliphatic heterocycles. The van der Waals surface area contributed by atoms with Gasteiger partial charge in [-0.3, -0.25) is 4.79 Å². The molecule has 0 spiro atoms. The molecule has 1 unspecified atom stereocenters. The van der Waals surface area contributed by atoms with Crippen molar-refractivity contribution in [2.45, 2.75) is 39.0 Å². The van der Waals surface area contributed by atoms with Crippen LogP contribution in [0.25, 0.3) is 0 Å². The number of rotatable bonds is 4. The first-order chi connectivity index (χ1) is 13.7. The van der Waals surface area contributed by atoms with Gasteiger partial charge < -0.3 is 9.80 Å². The summed E-state index contributed by atoms with van der Waals surface area (Å²) in [5.41, 5.74) is 3.12. The number of carbonyl (C=O) groups excluding carboxylic acids is 1. The molecule has 0 saturated carbocycles. The molecule has 1 atom stereocenters. The Hall–Kier alpha value is -2.36. The first kappa shape index (κ1) is 19.0. The van der Waals surface area contributed by atoms with Gasteiger partial charge in [0.15, 0.2) is 0 Å². The number of hydrogen-bond donors (Lipinski definition) is 0. The first-order valence-corrected chi connectivity index (χ1v) is 10.7. The van der Waals surface area contributed by atoms with E-state index in [0.29, 0.717) is 11.6 Å². The second kappa shape index (κ2) is 8.76. The van der Waals surface area contributed by atoms with E-state index in [1.54, 1.807) is 0 Å². The second-order valence-corrected chi connectivity index (χ2v) is 8.52. The van der Waals surface area contributed by atoms with E-state index >= 15 is 0 Å². The normalized spacial score (nSPS) is 21.0. The monoisotopic (exact) mass is 377 g/mol. The Bertz CT molecular complexity index is 766. The van der Waals surface area contributed by atoms with Gasteiger partial charge >= 0.3 is 0 Å². The van der Waals surface area contributed by atoms with Gasteiger partial charge in [0.2, 0.25) is 0 Å². The number of piperidine rings is 2. The van der Waals surface area contributed by atoms with Gasteiger partial charge in [-0.25, -0.2) is 4.98 Å². The van der Waals surface area contributed by atoms with Crippen molar-refractivity contribution in [2.24, 2.45) is 11.8 Å². The summed E-state index contributed by atoms with van der Waals surface area (Å²) in [6, 6.07) is 14.7. The van der Waals surface area contributed by atoms with Gasteiger partial charge in [0.25, 0.3) is 5.91 Å². The van der Waals surface area contributed by atoms with E-state index in [0.717, 1.165) is 57.0 Å². The average Bonchev–Trinajstić information content (AvgIpc) is 2.75. The van der Waals surface area contributed by atoms with Gasteiger partial charge in [0, 0.05) is 26.2 Å². The fourth-order valence-corrected chi connectivity index (χ4v) is 4.57. The molecule has 0 radical (unpaired) electrons. The summed E-state index contributed by atoms with van der Waals surface area (Å²) >= 11 is 0. The van der Waals surface area contributed by atoms with Crippen LogP contribution in [0.2, 0.25) is 0 Å². The molecule has 2 aromatic rings. The number of hydrogen-bond acceptors (Lipinski definition) is 3. The van der Waals surface area contributed by atoms with Crippen molar-refractivity contribution >= 4 is 11.6 Å². The van der Waals surface area contributed by atoms with Crippen LogP contribution in [0.3, 0.4) is 0 Å². The predicted molar refractivity (Wildman–Crippen MR) is 114 cm³/mol. The van der Waals surface area contributed by atoms with Gasteiger partial charge in [-0.05, 0) is 61.6 Å². The van der Waals surface area contributed by atoms with E-state index in [2.05, 4.69) is 53.2 Å². The number of aromatic nitrogens is 1. The van der Waals surface area contributed by atoms with Crippen molar-refractivity contribution in [3.8, 4) is 0 Å². The highest BCUT2D eigenvalue weighted by Gasteiger charge is 2.25. The predicted octanol–water partition coefficient (Wildman–Crippen LogP) is 4.41. The van der Waals surface area contributed by atoms with E-state index in [-0.39, 0.29) is 5.91 Å². The van der Waals surface area contributed by atoms with Crippen LogP contribution in [0, 0.1) is 11.8 Å². The van der Waals surface area contributed by atoms with Gasteiger partial charge in [0.05, 0.1) is 11.9 Å². The lowest BCUT2D eigenvalue weighted by Crippen LogP contribution is -2.39. The highest BCUT2D eigenvalue weighted by atomic mass is 16.2. The topological polar surface area (TPSA) is 36.4 Å². The molecule has 0 bridgehead atoms. The summed E-state index contributed by atoms with van der Waals surface area (Å²) in [5.74, 6) is 1.48. The summed E-state index contributed by atoms with van der Waals surface area (Å²) in [6.07, 6.45) is 7.69. The summed E-state index contributed by atoms with van der Waals surface area (Å²) in [6.45, 7) is 6.16. The molecule has 0 aliphatic carbocycles. The maximum absolute atomic E-state index is 12.9. The van der Waals surface area contributed by atoms with Crippen LogP contribution in [-0.2, 0) is 6.42 Å². The van der Waals surface area contributed by atoms with Gasteiger partial charge in [0.1, 0.15) is 5.69 Å². The fourth-order valence-electron chi connectivity index (χ4n) is 4.57. The second-order valence-electron chi connectivity index (χ2n) is 8.52. The first-order valence-electron chi connectivity index (χ1n) is 10.7. The van der Waals surface area contributed by atoms with Crippen molar-refractivity contribution in [2.75, 3.05) is 31.1 Å². The number of amides is 1. The third-order valence-corrected chi connectivity index (χ3v) is 6.26. The van der Waals surface area contributed by atoms with E-state index < -0.39 is 0 Å². The van der Waals surface area contributed by atoms with Crippen LogP contribution in [0.4, 0.5) is 5.69 Å². The largest absolute Gasteiger partial charge is 0.370 e. The molecule has 4 heteroatoms. The molecule has 2 saturated heterocycles. The minimum Gasteiger partial charge on any atom is -0.370 e. The Morgan fingerprint density at radius 3 is 2.50 bits per heavy atom. The van der Waals surface area contributed by atoms with Crippen molar-refractivity contribution < 1.29 is 4.79 Å². The minimum absolute atomic E-state index is 0.0803. The molecule has 0 N–H and O–H groups in total. The zero-order valence-corrected chi connectivity index (χ0v) is 16.9.